The van der Waals surface area contributed by atoms with E-state index in [1.807, 2.05) is 12.1 Å². The van der Waals surface area contributed by atoms with E-state index in [1.165, 1.54) is 0 Å². The first kappa shape index (κ1) is 17.2. The van der Waals surface area contributed by atoms with E-state index in [1.54, 1.807) is 12.1 Å². The number of nitro groups is 2. The van der Waals surface area contributed by atoms with Gasteiger partial charge in [0.15, 0.2) is 5.75 Å². The highest BCUT2D eigenvalue weighted by molar-refractivity contribution is 5.75. The highest BCUT2D eigenvalue weighted by atomic mass is 16.6. The molecule has 0 heterocycles. The molecule has 0 saturated heterocycles. The number of benzene rings is 2. The molecule has 0 aliphatic carbocycles. The van der Waals surface area contributed by atoms with Gasteiger partial charge in [0, 0.05) is 11.8 Å². The van der Waals surface area contributed by atoms with E-state index >= 15 is 0 Å². The van der Waals surface area contributed by atoms with Gasteiger partial charge >= 0.3 is 5.69 Å². The minimum Gasteiger partial charge on any atom is -0.502 e. The summed E-state index contributed by atoms with van der Waals surface area (Å²) in [5.41, 5.74) is 0.552. The third-order valence-electron chi connectivity index (χ3n) is 3.54. The number of rotatable bonds is 7. The lowest BCUT2D eigenvalue weighted by atomic mass is 10.1. The van der Waals surface area contributed by atoms with Gasteiger partial charge in [-0.05, 0) is 30.5 Å². The second-order valence-corrected chi connectivity index (χ2v) is 5.30. The maximum absolute atomic E-state index is 11.1. The summed E-state index contributed by atoms with van der Waals surface area (Å²) in [7, 11) is 0. The van der Waals surface area contributed by atoms with Gasteiger partial charge in [0.05, 0.1) is 15.9 Å². The predicted octanol–water partition coefficient (Wildman–Crippen LogP) is 4.29. The van der Waals surface area contributed by atoms with Crippen LogP contribution in [0.1, 0.15) is 25.3 Å². The molecule has 0 amide bonds. The van der Waals surface area contributed by atoms with Crippen molar-refractivity contribution in [2.75, 3.05) is 5.32 Å². The quantitative estimate of drug-likeness (QED) is 0.577. The van der Waals surface area contributed by atoms with Crippen LogP contribution in [0, 0.1) is 20.2 Å². The number of nitrogens with zero attached hydrogens (tertiary/aromatic N) is 2. The van der Waals surface area contributed by atoms with Gasteiger partial charge < -0.3 is 10.4 Å². The molecule has 24 heavy (non-hydrogen) atoms. The summed E-state index contributed by atoms with van der Waals surface area (Å²) in [6.07, 6.45) is 3.12. The summed E-state index contributed by atoms with van der Waals surface area (Å²) < 4.78 is 0. The molecule has 0 aliphatic heterocycles. The molecule has 2 aromatic rings. The van der Waals surface area contributed by atoms with Crippen LogP contribution in [0.2, 0.25) is 0 Å². The maximum atomic E-state index is 11.1. The molecular weight excluding hydrogens is 314 g/mol. The number of unbranched alkanes of at least 4 members (excludes halogenated alkanes) is 1. The fourth-order valence-corrected chi connectivity index (χ4v) is 2.25. The Morgan fingerprint density at radius 1 is 1.04 bits per heavy atom. The van der Waals surface area contributed by atoms with Crippen LogP contribution in [0.15, 0.2) is 36.4 Å². The summed E-state index contributed by atoms with van der Waals surface area (Å²) in [5, 5.41) is 34.4. The Hall–Kier alpha value is -3.16. The van der Waals surface area contributed by atoms with Gasteiger partial charge in [-0.25, -0.2) is 0 Å². The Kier molecular flexibility index (Phi) is 5.31. The minimum absolute atomic E-state index is 0.00981. The molecule has 8 nitrogen and oxygen atoms in total. The van der Waals surface area contributed by atoms with Crippen LogP contribution in [-0.4, -0.2) is 15.0 Å². The lowest BCUT2D eigenvalue weighted by Crippen LogP contribution is -1.99. The van der Waals surface area contributed by atoms with Gasteiger partial charge in [0.2, 0.25) is 0 Å². The van der Waals surface area contributed by atoms with Gasteiger partial charge in [-0.1, -0.05) is 25.5 Å². The first-order chi connectivity index (χ1) is 11.4. The van der Waals surface area contributed by atoms with Gasteiger partial charge in [-0.2, -0.15) is 0 Å². The highest BCUT2D eigenvalue weighted by Gasteiger charge is 2.24. The number of hydrogen-bond acceptors (Lipinski definition) is 6. The summed E-state index contributed by atoms with van der Waals surface area (Å²) in [6.45, 7) is 2.11. The molecule has 0 aromatic heterocycles. The van der Waals surface area contributed by atoms with Gasteiger partial charge in [0.1, 0.15) is 5.69 Å². The number of anilines is 2. The average molecular weight is 331 g/mol. The van der Waals surface area contributed by atoms with Crippen molar-refractivity contribution in [1.82, 2.24) is 0 Å². The standard InChI is InChI=1S/C16H17N3O5/c1-2-3-4-11-5-7-12(8-6-11)17-13-9-16(20)15(19(23)24)10-14(13)18(21)22/h5-10,17,20H,2-4H2,1H3. The van der Waals surface area contributed by atoms with Crippen LogP contribution < -0.4 is 5.32 Å². The number of phenolic OH excluding ortho intramolecular Hbond substituents is 1. The fourth-order valence-electron chi connectivity index (χ4n) is 2.25. The highest BCUT2D eigenvalue weighted by Crippen LogP contribution is 2.38. The smallest absolute Gasteiger partial charge is 0.317 e. The van der Waals surface area contributed by atoms with Gasteiger partial charge in [-0.15, -0.1) is 0 Å². The molecule has 0 bridgehead atoms. The van der Waals surface area contributed by atoms with E-state index in [4.69, 9.17) is 0 Å². The molecular formula is C16H17N3O5. The number of aromatic hydroxyl groups is 1. The summed E-state index contributed by atoms with van der Waals surface area (Å²) in [4.78, 5) is 20.3. The van der Waals surface area contributed by atoms with Crippen LogP contribution in [-0.2, 0) is 6.42 Å². The topological polar surface area (TPSA) is 119 Å². The number of nitro benzene ring substituents is 2. The second kappa shape index (κ2) is 7.40. The molecule has 126 valence electrons. The zero-order valence-electron chi connectivity index (χ0n) is 13.1. The molecule has 0 unspecified atom stereocenters. The van der Waals surface area contributed by atoms with Gasteiger partial charge in [-0.3, -0.25) is 20.2 Å². The van der Waals surface area contributed by atoms with Crippen molar-refractivity contribution in [3.05, 3.63) is 62.2 Å². The van der Waals surface area contributed by atoms with Crippen LogP contribution in [0.4, 0.5) is 22.7 Å². The van der Waals surface area contributed by atoms with E-state index in [0.29, 0.717) is 5.69 Å². The Morgan fingerprint density at radius 2 is 1.67 bits per heavy atom. The summed E-state index contributed by atoms with van der Waals surface area (Å²) in [6, 6.07) is 9.10. The zero-order valence-corrected chi connectivity index (χ0v) is 13.1. The fraction of sp³-hybridized carbons (Fsp3) is 0.250. The first-order valence-electron chi connectivity index (χ1n) is 7.44. The number of phenols is 1. The molecule has 2 aromatic carbocycles. The van der Waals surface area contributed by atoms with Crippen molar-refractivity contribution in [3.8, 4) is 5.75 Å². The first-order valence-corrected chi connectivity index (χ1v) is 7.44. The van der Waals surface area contributed by atoms with Crippen molar-refractivity contribution in [3.63, 3.8) is 0 Å². The molecule has 2 N–H and O–H groups in total. The van der Waals surface area contributed by atoms with E-state index in [9.17, 15) is 25.3 Å². The molecule has 0 spiro atoms. The lowest BCUT2D eigenvalue weighted by molar-refractivity contribution is -0.394. The van der Waals surface area contributed by atoms with Crippen LogP contribution >= 0.6 is 0 Å². The van der Waals surface area contributed by atoms with Crippen LogP contribution in [0.5, 0.6) is 5.75 Å². The second-order valence-electron chi connectivity index (χ2n) is 5.30. The molecule has 0 radical (unpaired) electrons. The third kappa shape index (κ3) is 3.97. The Morgan fingerprint density at radius 3 is 2.21 bits per heavy atom. The van der Waals surface area contributed by atoms with Gasteiger partial charge in [0.25, 0.3) is 5.69 Å². The van der Waals surface area contributed by atoms with E-state index in [-0.39, 0.29) is 5.69 Å². The minimum atomic E-state index is -0.866. The average Bonchev–Trinajstić information content (AvgIpc) is 2.53. The number of aryl methyl sites for hydroxylation is 1. The van der Waals surface area contributed by atoms with Crippen LogP contribution in [0.3, 0.4) is 0 Å². The molecule has 8 heteroatoms. The number of hydrogen-bond donors (Lipinski definition) is 2. The molecule has 0 saturated carbocycles. The Balaban J connectivity index is 2.30. The molecule has 0 aliphatic rings. The Bertz CT molecular complexity index is 759. The van der Waals surface area contributed by atoms with E-state index in [0.717, 1.165) is 37.0 Å². The SMILES string of the molecule is CCCCc1ccc(Nc2cc(O)c([N+](=O)[O-])cc2[N+](=O)[O-])cc1. The summed E-state index contributed by atoms with van der Waals surface area (Å²) >= 11 is 0. The van der Waals surface area contributed by atoms with Crippen LogP contribution in [0.25, 0.3) is 0 Å². The maximum Gasteiger partial charge on any atom is 0.317 e. The van der Waals surface area contributed by atoms with Crippen molar-refractivity contribution in [2.24, 2.45) is 0 Å². The largest absolute Gasteiger partial charge is 0.502 e. The monoisotopic (exact) mass is 331 g/mol. The molecule has 0 atom stereocenters. The number of nitrogens with one attached hydrogen (secondary N) is 1. The molecule has 0 fully saturated rings. The molecule has 2 rings (SSSR count). The summed E-state index contributed by atoms with van der Waals surface area (Å²) in [5.74, 6) is -0.632. The normalized spacial score (nSPS) is 10.4. The van der Waals surface area contributed by atoms with E-state index in [2.05, 4.69) is 12.2 Å². The third-order valence-corrected chi connectivity index (χ3v) is 3.54. The van der Waals surface area contributed by atoms with Crippen molar-refractivity contribution in [1.29, 1.82) is 0 Å². The van der Waals surface area contributed by atoms with Crippen molar-refractivity contribution < 1.29 is 15.0 Å². The lowest BCUT2D eigenvalue weighted by Gasteiger charge is -2.09. The predicted molar refractivity (Wildman–Crippen MR) is 89.8 cm³/mol. The van der Waals surface area contributed by atoms with Crippen molar-refractivity contribution >= 4 is 22.7 Å². The van der Waals surface area contributed by atoms with Crippen molar-refractivity contribution in [2.45, 2.75) is 26.2 Å². The zero-order chi connectivity index (χ0) is 17.7. The Labute approximate surface area is 138 Å². The van der Waals surface area contributed by atoms with E-state index < -0.39 is 27.0 Å².